The average molecular weight is 391 g/mol. The summed E-state index contributed by atoms with van der Waals surface area (Å²) in [5.74, 6) is -0.990. The number of esters is 1. The Bertz CT molecular complexity index is 852. The summed E-state index contributed by atoms with van der Waals surface area (Å²) in [6, 6.07) is 5.99. The average Bonchev–Trinajstić information content (AvgIpc) is 2.92. The molecule has 0 N–H and O–H groups in total. The van der Waals surface area contributed by atoms with Gasteiger partial charge in [-0.3, -0.25) is 15.1 Å². The highest BCUT2D eigenvalue weighted by molar-refractivity contribution is 6.31. The van der Waals surface area contributed by atoms with Gasteiger partial charge < -0.3 is 4.74 Å². The first-order valence-corrected chi connectivity index (χ1v) is 9.69. The largest absolute Gasteiger partial charge is 0.454 e. The molecular formula is C20H23ClN2O4. The van der Waals surface area contributed by atoms with Gasteiger partial charge in [-0.1, -0.05) is 50.6 Å². The zero-order chi connectivity index (χ0) is 19.6. The van der Waals surface area contributed by atoms with Crippen molar-refractivity contribution < 1.29 is 14.5 Å². The lowest BCUT2D eigenvalue weighted by molar-refractivity contribution is -0.483. The van der Waals surface area contributed by atoms with Gasteiger partial charge in [0.05, 0.1) is 11.6 Å². The molecule has 2 saturated carbocycles. The van der Waals surface area contributed by atoms with Gasteiger partial charge in [-0.25, -0.2) is 4.79 Å². The fraction of sp³-hybridized carbons (Fsp3) is 0.600. The monoisotopic (exact) mass is 390 g/mol. The molecule has 1 aromatic rings. The van der Waals surface area contributed by atoms with E-state index in [2.05, 4.69) is 20.8 Å². The van der Waals surface area contributed by atoms with Gasteiger partial charge in [-0.05, 0) is 29.9 Å². The third kappa shape index (κ3) is 2.53. The molecule has 0 amide bonds. The first-order valence-electron chi connectivity index (χ1n) is 9.31. The molecule has 0 saturated heterocycles. The number of benzene rings is 1. The van der Waals surface area contributed by atoms with Crippen LogP contribution in [0.3, 0.4) is 0 Å². The van der Waals surface area contributed by atoms with E-state index in [0.717, 1.165) is 18.6 Å². The van der Waals surface area contributed by atoms with E-state index in [9.17, 15) is 14.9 Å². The van der Waals surface area contributed by atoms with Crippen molar-refractivity contribution in [2.24, 2.45) is 21.7 Å². The summed E-state index contributed by atoms with van der Waals surface area (Å²) >= 11 is 6.29. The van der Waals surface area contributed by atoms with E-state index in [1.54, 1.807) is 24.3 Å². The minimum absolute atomic E-state index is 0.0192. The summed E-state index contributed by atoms with van der Waals surface area (Å²) in [4.78, 5) is 28.6. The Morgan fingerprint density at radius 3 is 2.74 bits per heavy atom. The normalized spacial score (nSPS) is 34.6. The Morgan fingerprint density at radius 1 is 1.37 bits per heavy atom. The fourth-order valence-corrected chi connectivity index (χ4v) is 5.60. The molecular weight excluding hydrogens is 368 g/mol. The first kappa shape index (κ1) is 18.4. The molecule has 27 heavy (non-hydrogen) atoms. The van der Waals surface area contributed by atoms with Crippen LogP contribution in [0.25, 0.3) is 0 Å². The van der Waals surface area contributed by atoms with Gasteiger partial charge in [0.1, 0.15) is 6.10 Å². The predicted molar refractivity (Wildman–Crippen MR) is 102 cm³/mol. The molecule has 5 atom stereocenters. The second kappa shape index (κ2) is 6.03. The second-order valence-electron chi connectivity index (χ2n) is 8.69. The molecule has 4 rings (SSSR count). The van der Waals surface area contributed by atoms with Crippen LogP contribution >= 0.6 is 11.6 Å². The van der Waals surface area contributed by atoms with Crippen molar-refractivity contribution in [2.45, 2.75) is 51.7 Å². The molecule has 0 spiro atoms. The second-order valence-corrected chi connectivity index (χ2v) is 9.10. The number of carbonyl (C=O) groups excluding carboxylic acids is 1. The maximum atomic E-state index is 12.9. The summed E-state index contributed by atoms with van der Waals surface area (Å²) in [5, 5.41) is 11.7. The molecule has 0 unspecified atom stereocenters. The Morgan fingerprint density at radius 2 is 2.07 bits per heavy atom. The highest BCUT2D eigenvalue weighted by Crippen LogP contribution is 2.65. The standard InChI is InChI=1S/C20H23ClN2O4/c1-19(2)13-8-9-20(19,3)17-16(13)22-15(18(24)27-17)12(10-23(25)26)11-6-4-5-7-14(11)21/h4-7,12-13,15,17H,8-10H2,1-3H3/t12-,13+,15+,17+,20-/m0/s1. The number of hydrogen-bond donors (Lipinski definition) is 0. The SMILES string of the molecule is CC1(C)[C@@H]2CC[C@@]1(C)[C@@H]1OC(=O)[C@@H]([C@@H](C[N+](=O)[O-])c3ccccc3Cl)N=C21. The molecule has 3 aliphatic rings. The minimum atomic E-state index is -0.930. The molecule has 1 heterocycles. The highest BCUT2D eigenvalue weighted by atomic mass is 35.5. The van der Waals surface area contributed by atoms with Gasteiger partial charge in [0, 0.05) is 21.3 Å². The van der Waals surface area contributed by atoms with Gasteiger partial charge in [0.2, 0.25) is 6.54 Å². The number of fused-ring (bicyclic) bond motifs is 5. The third-order valence-corrected chi connectivity index (χ3v) is 7.64. The topological polar surface area (TPSA) is 81.8 Å². The van der Waals surface area contributed by atoms with Gasteiger partial charge in [0.15, 0.2) is 6.04 Å². The van der Waals surface area contributed by atoms with E-state index in [0.29, 0.717) is 10.6 Å². The summed E-state index contributed by atoms with van der Waals surface area (Å²) in [7, 11) is 0. The zero-order valence-corrected chi connectivity index (χ0v) is 16.4. The van der Waals surface area contributed by atoms with Crippen LogP contribution in [0.5, 0.6) is 0 Å². The van der Waals surface area contributed by atoms with E-state index in [4.69, 9.17) is 21.3 Å². The Labute approximate surface area is 163 Å². The van der Waals surface area contributed by atoms with Crippen molar-refractivity contribution >= 4 is 23.3 Å². The van der Waals surface area contributed by atoms with Crippen molar-refractivity contribution in [3.05, 3.63) is 45.0 Å². The number of ether oxygens (including phenoxy) is 1. The third-order valence-electron chi connectivity index (χ3n) is 7.30. The van der Waals surface area contributed by atoms with E-state index in [-0.39, 0.29) is 22.9 Å². The Hall–Kier alpha value is -1.95. The van der Waals surface area contributed by atoms with Crippen molar-refractivity contribution in [3.8, 4) is 0 Å². The number of hydrogen-bond acceptors (Lipinski definition) is 5. The van der Waals surface area contributed by atoms with Crippen LogP contribution in [0.2, 0.25) is 5.02 Å². The van der Waals surface area contributed by atoms with Gasteiger partial charge in [-0.15, -0.1) is 0 Å². The molecule has 2 aliphatic carbocycles. The molecule has 6 nitrogen and oxygen atoms in total. The molecule has 0 radical (unpaired) electrons. The molecule has 7 heteroatoms. The highest BCUT2D eigenvalue weighted by Gasteiger charge is 2.68. The minimum Gasteiger partial charge on any atom is -0.454 e. The lowest BCUT2D eigenvalue weighted by Crippen LogP contribution is -2.48. The smallest absolute Gasteiger partial charge is 0.332 e. The van der Waals surface area contributed by atoms with Crippen LogP contribution in [-0.4, -0.2) is 35.3 Å². The predicted octanol–water partition coefficient (Wildman–Crippen LogP) is 3.89. The molecule has 2 fully saturated rings. The number of halogens is 1. The summed E-state index contributed by atoms with van der Waals surface area (Å²) in [5.41, 5.74) is 1.31. The van der Waals surface area contributed by atoms with Crippen LogP contribution in [0.1, 0.15) is 45.1 Å². The molecule has 144 valence electrons. The molecule has 1 aliphatic heterocycles. The van der Waals surface area contributed by atoms with E-state index in [1.165, 1.54) is 0 Å². The number of rotatable bonds is 4. The number of carbonyl (C=O) groups is 1. The van der Waals surface area contributed by atoms with Crippen LogP contribution in [0.15, 0.2) is 29.3 Å². The Kier molecular flexibility index (Phi) is 4.11. The Balaban J connectivity index is 1.78. The summed E-state index contributed by atoms with van der Waals surface area (Å²) in [6.07, 6.45) is 1.68. The summed E-state index contributed by atoms with van der Waals surface area (Å²) in [6.45, 7) is 6.15. The van der Waals surface area contributed by atoms with Gasteiger partial charge in [-0.2, -0.15) is 0 Å². The van der Waals surface area contributed by atoms with Crippen molar-refractivity contribution in [3.63, 3.8) is 0 Å². The quantitative estimate of drug-likeness (QED) is 0.443. The summed E-state index contributed by atoms with van der Waals surface area (Å²) < 4.78 is 5.88. The molecule has 0 aromatic heterocycles. The maximum Gasteiger partial charge on any atom is 0.332 e. The zero-order valence-electron chi connectivity index (χ0n) is 15.6. The van der Waals surface area contributed by atoms with E-state index < -0.39 is 29.4 Å². The number of nitrogens with zero attached hydrogens (tertiary/aromatic N) is 2. The van der Waals surface area contributed by atoms with E-state index >= 15 is 0 Å². The van der Waals surface area contributed by atoms with Crippen LogP contribution in [-0.2, 0) is 9.53 Å². The number of nitro groups is 1. The first-order chi connectivity index (χ1) is 12.7. The van der Waals surface area contributed by atoms with Crippen molar-refractivity contribution in [1.29, 1.82) is 0 Å². The number of aliphatic imine (C=N–C) groups is 1. The van der Waals surface area contributed by atoms with Gasteiger partial charge in [0.25, 0.3) is 0 Å². The lowest BCUT2D eigenvalue weighted by atomic mass is 9.70. The lowest BCUT2D eigenvalue weighted by Gasteiger charge is -2.40. The maximum absolute atomic E-state index is 12.9. The fourth-order valence-electron chi connectivity index (χ4n) is 5.33. The molecule has 1 aromatic carbocycles. The van der Waals surface area contributed by atoms with Crippen LogP contribution in [0.4, 0.5) is 0 Å². The molecule has 2 bridgehead atoms. The van der Waals surface area contributed by atoms with Crippen LogP contribution in [0, 0.1) is 26.9 Å². The van der Waals surface area contributed by atoms with E-state index in [1.807, 2.05) is 0 Å². The van der Waals surface area contributed by atoms with Crippen molar-refractivity contribution in [2.75, 3.05) is 6.54 Å². The van der Waals surface area contributed by atoms with Gasteiger partial charge >= 0.3 is 5.97 Å². The van der Waals surface area contributed by atoms with Crippen LogP contribution < -0.4 is 0 Å². The van der Waals surface area contributed by atoms with Crippen molar-refractivity contribution in [1.82, 2.24) is 0 Å².